The van der Waals surface area contributed by atoms with Crippen LogP contribution in [0, 0.1) is 0 Å². The van der Waals surface area contributed by atoms with Gasteiger partial charge in [-0.25, -0.2) is 0 Å². The third-order valence-corrected chi connectivity index (χ3v) is 0.903. The topological polar surface area (TPSA) is 52.0 Å². The molecular formula is C4H3F3N2O. The molecule has 1 rings (SSSR count). The average molecular weight is 152 g/mol. The second-order valence-electron chi connectivity index (χ2n) is 1.61. The minimum atomic E-state index is -4.47. The maximum Gasteiger partial charge on any atom is 0.423 e. The standard InChI is InChI=1S/C4H3F3N2O/c5-4(6,7)2-1-10-9-3(2)8/h1H,(H2,8,9). The summed E-state index contributed by atoms with van der Waals surface area (Å²) in [5.41, 5.74) is 3.77. The van der Waals surface area contributed by atoms with E-state index >= 15 is 0 Å². The maximum absolute atomic E-state index is 11.7. The van der Waals surface area contributed by atoms with Crippen molar-refractivity contribution in [3.05, 3.63) is 11.8 Å². The molecule has 0 saturated carbocycles. The van der Waals surface area contributed by atoms with Gasteiger partial charge in [0.1, 0.15) is 11.8 Å². The van der Waals surface area contributed by atoms with Gasteiger partial charge in [-0.15, -0.1) is 0 Å². The fourth-order valence-electron chi connectivity index (χ4n) is 0.457. The number of halogens is 3. The molecule has 6 heteroatoms. The van der Waals surface area contributed by atoms with Crippen molar-refractivity contribution < 1.29 is 17.7 Å². The van der Waals surface area contributed by atoms with Gasteiger partial charge in [0, 0.05) is 0 Å². The highest BCUT2D eigenvalue weighted by atomic mass is 19.4. The van der Waals surface area contributed by atoms with Crippen LogP contribution < -0.4 is 5.73 Å². The molecule has 1 heterocycles. The van der Waals surface area contributed by atoms with E-state index in [4.69, 9.17) is 5.73 Å². The number of nitrogens with zero attached hydrogens (tertiary/aromatic N) is 1. The molecule has 0 aliphatic rings. The van der Waals surface area contributed by atoms with Crippen LogP contribution in [0.1, 0.15) is 5.56 Å². The van der Waals surface area contributed by atoms with Crippen molar-refractivity contribution in [2.75, 3.05) is 5.73 Å². The van der Waals surface area contributed by atoms with Gasteiger partial charge in [0.05, 0.1) is 0 Å². The molecule has 0 amide bonds. The molecule has 0 unspecified atom stereocenters. The normalized spacial score (nSPS) is 11.9. The van der Waals surface area contributed by atoms with Crippen LogP contribution in [0.3, 0.4) is 0 Å². The zero-order valence-corrected chi connectivity index (χ0v) is 4.64. The van der Waals surface area contributed by atoms with Gasteiger partial charge < -0.3 is 10.3 Å². The Morgan fingerprint density at radius 2 is 2.10 bits per heavy atom. The summed E-state index contributed by atoms with van der Waals surface area (Å²) in [6.07, 6.45) is -4.00. The Kier molecular flexibility index (Phi) is 1.31. The Morgan fingerprint density at radius 1 is 1.50 bits per heavy atom. The van der Waals surface area contributed by atoms with Crippen molar-refractivity contribution in [1.82, 2.24) is 5.16 Å². The lowest BCUT2D eigenvalue weighted by atomic mass is 10.3. The lowest BCUT2D eigenvalue weighted by Crippen LogP contribution is -2.06. The highest BCUT2D eigenvalue weighted by Gasteiger charge is 2.35. The van der Waals surface area contributed by atoms with Crippen LogP contribution in [-0.2, 0) is 6.18 Å². The lowest BCUT2D eigenvalue weighted by Gasteiger charge is -2.00. The summed E-state index contributed by atoms with van der Waals surface area (Å²) in [6.45, 7) is 0. The Balaban J connectivity index is 3.05. The predicted molar refractivity (Wildman–Crippen MR) is 25.9 cm³/mol. The summed E-state index contributed by atoms with van der Waals surface area (Å²) in [5.74, 6) is -0.632. The van der Waals surface area contributed by atoms with E-state index in [9.17, 15) is 13.2 Å². The van der Waals surface area contributed by atoms with Crippen LogP contribution in [-0.4, -0.2) is 5.16 Å². The molecule has 2 N–H and O–H groups in total. The molecule has 0 aromatic carbocycles. The molecular weight excluding hydrogens is 149 g/mol. The molecule has 56 valence electrons. The van der Waals surface area contributed by atoms with Crippen molar-refractivity contribution in [1.29, 1.82) is 0 Å². The molecule has 10 heavy (non-hydrogen) atoms. The molecule has 0 bridgehead atoms. The Morgan fingerprint density at radius 3 is 2.30 bits per heavy atom. The van der Waals surface area contributed by atoms with Crippen molar-refractivity contribution in [3.8, 4) is 0 Å². The number of rotatable bonds is 0. The third kappa shape index (κ3) is 1.04. The van der Waals surface area contributed by atoms with Crippen molar-refractivity contribution >= 4 is 5.82 Å². The van der Waals surface area contributed by atoms with Gasteiger partial charge in [0.2, 0.25) is 0 Å². The van der Waals surface area contributed by atoms with Crippen LogP contribution in [0.2, 0.25) is 0 Å². The number of aromatic nitrogens is 1. The van der Waals surface area contributed by atoms with Crippen LogP contribution >= 0.6 is 0 Å². The van der Waals surface area contributed by atoms with Crippen molar-refractivity contribution in [2.45, 2.75) is 6.18 Å². The molecule has 1 aromatic heterocycles. The first-order valence-corrected chi connectivity index (χ1v) is 2.29. The molecule has 0 radical (unpaired) electrons. The SMILES string of the molecule is Nc1nocc1C(F)(F)F. The van der Waals surface area contributed by atoms with E-state index in [-0.39, 0.29) is 0 Å². The minimum absolute atomic E-state index is 0.468. The monoisotopic (exact) mass is 152 g/mol. The van der Waals surface area contributed by atoms with E-state index in [1.807, 2.05) is 0 Å². The maximum atomic E-state index is 11.7. The highest BCUT2D eigenvalue weighted by Crippen LogP contribution is 2.32. The van der Waals surface area contributed by atoms with E-state index < -0.39 is 17.6 Å². The van der Waals surface area contributed by atoms with Gasteiger partial charge in [-0.2, -0.15) is 13.2 Å². The van der Waals surface area contributed by atoms with Crippen LogP contribution in [0.5, 0.6) is 0 Å². The molecule has 0 atom stereocenters. The molecule has 0 fully saturated rings. The van der Waals surface area contributed by atoms with E-state index in [0.717, 1.165) is 0 Å². The van der Waals surface area contributed by atoms with Crippen LogP contribution in [0.4, 0.5) is 19.0 Å². The molecule has 1 aromatic rings. The molecule has 0 saturated heterocycles. The predicted octanol–water partition coefficient (Wildman–Crippen LogP) is 1.28. The summed E-state index contributed by atoms with van der Waals surface area (Å²) >= 11 is 0. The molecule has 0 aliphatic carbocycles. The summed E-state index contributed by atoms with van der Waals surface area (Å²) < 4.78 is 39.1. The number of hydrogen-bond donors (Lipinski definition) is 1. The average Bonchev–Trinajstić information content (AvgIpc) is 2.11. The van der Waals surface area contributed by atoms with E-state index in [1.165, 1.54) is 0 Å². The van der Waals surface area contributed by atoms with Crippen molar-refractivity contribution in [2.24, 2.45) is 0 Å². The number of anilines is 1. The number of nitrogens with two attached hydrogens (primary N) is 1. The first kappa shape index (κ1) is 6.91. The number of hydrogen-bond acceptors (Lipinski definition) is 3. The zero-order chi connectivity index (χ0) is 7.78. The summed E-state index contributed by atoms with van der Waals surface area (Å²) in [4.78, 5) is 0. The van der Waals surface area contributed by atoms with Gasteiger partial charge >= 0.3 is 6.18 Å². The van der Waals surface area contributed by atoms with Gasteiger partial charge in [0.15, 0.2) is 5.82 Å². The first-order chi connectivity index (χ1) is 4.52. The zero-order valence-electron chi connectivity index (χ0n) is 4.64. The molecule has 0 aliphatic heterocycles. The largest absolute Gasteiger partial charge is 0.423 e. The molecule has 3 nitrogen and oxygen atoms in total. The minimum Gasteiger partial charge on any atom is -0.380 e. The second kappa shape index (κ2) is 1.89. The van der Waals surface area contributed by atoms with E-state index in [1.54, 1.807) is 0 Å². The smallest absolute Gasteiger partial charge is 0.380 e. The molecule has 0 spiro atoms. The summed E-state index contributed by atoms with van der Waals surface area (Å²) in [6, 6.07) is 0. The Labute approximate surface area is 53.6 Å². The fourth-order valence-corrected chi connectivity index (χ4v) is 0.457. The van der Waals surface area contributed by atoms with Gasteiger partial charge in [0.25, 0.3) is 0 Å². The van der Waals surface area contributed by atoms with E-state index in [0.29, 0.717) is 6.26 Å². The number of nitrogen functional groups attached to an aromatic ring is 1. The van der Waals surface area contributed by atoms with Gasteiger partial charge in [-0.05, 0) is 0 Å². The van der Waals surface area contributed by atoms with Crippen molar-refractivity contribution in [3.63, 3.8) is 0 Å². The highest BCUT2D eigenvalue weighted by molar-refractivity contribution is 5.37. The van der Waals surface area contributed by atoms with Crippen LogP contribution in [0.25, 0.3) is 0 Å². The quantitative estimate of drug-likeness (QED) is 0.609. The Hall–Kier alpha value is -1.20. The number of alkyl halides is 3. The van der Waals surface area contributed by atoms with Gasteiger partial charge in [-0.3, -0.25) is 0 Å². The summed E-state index contributed by atoms with van der Waals surface area (Å²) in [7, 11) is 0. The first-order valence-electron chi connectivity index (χ1n) is 2.29. The van der Waals surface area contributed by atoms with Gasteiger partial charge in [-0.1, -0.05) is 5.16 Å². The Bertz CT molecular complexity index is 229. The fraction of sp³-hybridized carbons (Fsp3) is 0.250. The third-order valence-electron chi connectivity index (χ3n) is 0.903. The lowest BCUT2D eigenvalue weighted by molar-refractivity contribution is -0.137. The van der Waals surface area contributed by atoms with Crippen LogP contribution in [0.15, 0.2) is 10.8 Å². The summed E-state index contributed by atoms with van der Waals surface area (Å²) in [5, 5.41) is 2.87. The van der Waals surface area contributed by atoms with E-state index in [2.05, 4.69) is 9.68 Å². The second-order valence-corrected chi connectivity index (χ2v) is 1.61.